The first kappa shape index (κ1) is 13.3. The maximum atomic E-state index is 12.7. The number of halogens is 3. The van der Waals surface area contributed by atoms with E-state index in [-0.39, 0.29) is 18.8 Å². The molecule has 4 N–H and O–H groups in total. The molecule has 7 heteroatoms. The number of rotatable bonds is 3. The molecule has 0 spiro atoms. The monoisotopic (exact) mass is 247 g/mol. The zero-order valence-corrected chi connectivity index (χ0v) is 8.87. The lowest BCUT2D eigenvalue weighted by molar-refractivity contribution is -0.137. The van der Waals surface area contributed by atoms with Crippen molar-refractivity contribution in [1.82, 2.24) is 0 Å². The van der Waals surface area contributed by atoms with Crippen LogP contribution in [0.5, 0.6) is 0 Å². The van der Waals surface area contributed by atoms with Gasteiger partial charge in [0.25, 0.3) is 0 Å². The second kappa shape index (κ2) is 5.05. The minimum atomic E-state index is -4.54. The molecule has 1 rings (SSSR count). The number of amides is 2. The zero-order chi connectivity index (χ0) is 13.1. The van der Waals surface area contributed by atoms with E-state index in [4.69, 9.17) is 11.5 Å². The maximum absolute atomic E-state index is 12.7. The maximum Gasteiger partial charge on any atom is 0.418 e. The van der Waals surface area contributed by atoms with Gasteiger partial charge in [-0.15, -0.1) is 0 Å². The van der Waals surface area contributed by atoms with Crippen molar-refractivity contribution < 1.29 is 18.0 Å². The molecule has 0 heterocycles. The fraction of sp³-hybridized carbons (Fsp3) is 0.300. The highest BCUT2D eigenvalue weighted by molar-refractivity contribution is 5.91. The van der Waals surface area contributed by atoms with E-state index in [0.29, 0.717) is 0 Å². The first-order valence-corrected chi connectivity index (χ1v) is 4.81. The van der Waals surface area contributed by atoms with Crippen LogP contribution >= 0.6 is 0 Å². The number of nitrogens with zero attached hydrogens (tertiary/aromatic N) is 1. The lowest BCUT2D eigenvalue weighted by atomic mass is 10.1. The van der Waals surface area contributed by atoms with Crippen LogP contribution in [-0.2, 0) is 6.18 Å². The van der Waals surface area contributed by atoms with Crippen molar-refractivity contribution in [2.24, 2.45) is 11.5 Å². The number of carbonyl (C=O) groups is 1. The number of anilines is 1. The predicted octanol–water partition coefficient (Wildman–Crippen LogP) is 1.55. The summed E-state index contributed by atoms with van der Waals surface area (Å²) in [5.41, 5.74) is 9.07. The molecule has 0 aliphatic rings. The molecule has 0 aromatic heterocycles. The number of carbonyl (C=O) groups excluding carboxylic acids is 1. The van der Waals surface area contributed by atoms with Crippen molar-refractivity contribution in [3.05, 3.63) is 29.8 Å². The van der Waals surface area contributed by atoms with Gasteiger partial charge in [0, 0.05) is 13.1 Å². The highest BCUT2D eigenvalue weighted by atomic mass is 19.4. The molecule has 4 nitrogen and oxygen atoms in total. The molecule has 17 heavy (non-hydrogen) atoms. The number of alkyl halides is 3. The summed E-state index contributed by atoms with van der Waals surface area (Å²) < 4.78 is 38.1. The minimum Gasteiger partial charge on any atom is -0.351 e. The molecule has 2 amide bonds. The summed E-state index contributed by atoms with van der Waals surface area (Å²) in [6, 6.07) is 3.75. The van der Waals surface area contributed by atoms with Gasteiger partial charge in [-0.3, -0.25) is 4.90 Å². The molecule has 0 saturated carbocycles. The fourth-order valence-corrected chi connectivity index (χ4v) is 1.43. The Bertz CT molecular complexity index is 406. The first-order valence-electron chi connectivity index (χ1n) is 4.81. The first-order chi connectivity index (χ1) is 7.88. The van der Waals surface area contributed by atoms with E-state index in [9.17, 15) is 18.0 Å². The number of nitrogens with two attached hydrogens (primary N) is 2. The number of benzene rings is 1. The number of primary amides is 1. The Morgan fingerprint density at radius 3 is 2.35 bits per heavy atom. The predicted molar refractivity (Wildman–Crippen MR) is 57.4 cm³/mol. The van der Waals surface area contributed by atoms with Gasteiger partial charge < -0.3 is 11.5 Å². The summed E-state index contributed by atoms with van der Waals surface area (Å²) in [7, 11) is 0. The lowest BCUT2D eigenvalue weighted by Crippen LogP contribution is -2.40. The molecule has 0 aliphatic heterocycles. The van der Waals surface area contributed by atoms with Crippen LogP contribution in [0, 0.1) is 0 Å². The van der Waals surface area contributed by atoms with E-state index < -0.39 is 17.8 Å². The van der Waals surface area contributed by atoms with Crippen LogP contribution < -0.4 is 16.4 Å². The average molecular weight is 247 g/mol. The Labute approximate surface area is 96.0 Å². The Kier molecular flexibility index (Phi) is 3.95. The van der Waals surface area contributed by atoms with Gasteiger partial charge in [0.2, 0.25) is 0 Å². The topological polar surface area (TPSA) is 72.3 Å². The summed E-state index contributed by atoms with van der Waals surface area (Å²) >= 11 is 0. The third-order valence-electron chi connectivity index (χ3n) is 2.12. The van der Waals surface area contributed by atoms with Gasteiger partial charge >= 0.3 is 12.2 Å². The average Bonchev–Trinajstić information content (AvgIpc) is 2.24. The van der Waals surface area contributed by atoms with Crippen molar-refractivity contribution in [2.75, 3.05) is 18.0 Å². The van der Waals surface area contributed by atoms with Gasteiger partial charge in [-0.2, -0.15) is 13.2 Å². The quantitative estimate of drug-likeness (QED) is 0.850. The number of para-hydroxylation sites is 1. The van der Waals surface area contributed by atoms with Crippen LogP contribution in [0.25, 0.3) is 0 Å². The van der Waals surface area contributed by atoms with Crippen LogP contribution in [0.3, 0.4) is 0 Å². The molecule has 0 radical (unpaired) electrons. The van der Waals surface area contributed by atoms with E-state index in [1.165, 1.54) is 18.2 Å². The minimum absolute atomic E-state index is 0.0229. The molecular formula is C10H12F3N3O. The molecule has 0 fully saturated rings. The standard InChI is InChI=1S/C10H12F3N3O/c11-10(12,13)7-3-1-2-4-8(7)16(6-5-14)9(15)17/h1-4H,5-6,14H2,(H2,15,17). The molecule has 94 valence electrons. The van der Waals surface area contributed by atoms with Crippen LogP contribution in [-0.4, -0.2) is 19.1 Å². The Morgan fingerprint density at radius 1 is 1.29 bits per heavy atom. The van der Waals surface area contributed by atoms with Crippen molar-refractivity contribution >= 4 is 11.7 Å². The van der Waals surface area contributed by atoms with Gasteiger partial charge in [-0.1, -0.05) is 12.1 Å². The smallest absolute Gasteiger partial charge is 0.351 e. The highest BCUT2D eigenvalue weighted by Crippen LogP contribution is 2.36. The van der Waals surface area contributed by atoms with E-state index in [1.54, 1.807) is 0 Å². The second-order valence-electron chi connectivity index (χ2n) is 3.29. The summed E-state index contributed by atoms with van der Waals surface area (Å²) in [6.45, 7) is -0.0441. The van der Waals surface area contributed by atoms with Crippen LogP contribution in [0.1, 0.15) is 5.56 Å². The number of hydrogen-bond acceptors (Lipinski definition) is 2. The van der Waals surface area contributed by atoms with E-state index in [2.05, 4.69) is 0 Å². The van der Waals surface area contributed by atoms with Gasteiger partial charge in [0.1, 0.15) is 0 Å². The SMILES string of the molecule is NCCN(C(N)=O)c1ccccc1C(F)(F)F. The number of urea groups is 1. The molecule has 1 aromatic carbocycles. The van der Waals surface area contributed by atoms with Crippen molar-refractivity contribution in [3.63, 3.8) is 0 Å². The third kappa shape index (κ3) is 3.10. The molecule has 1 aromatic rings. The fourth-order valence-electron chi connectivity index (χ4n) is 1.43. The normalized spacial score (nSPS) is 11.3. The third-order valence-corrected chi connectivity index (χ3v) is 2.12. The molecule has 0 saturated heterocycles. The zero-order valence-electron chi connectivity index (χ0n) is 8.87. The Morgan fingerprint density at radius 2 is 1.88 bits per heavy atom. The summed E-state index contributed by atoms with van der Waals surface area (Å²) in [6.07, 6.45) is -4.54. The van der Waals surface area contributed by atoms with Crippen molar-refractivity contribution in [2.45, 2.75) is 6.18 Å². The summed E-state index contributed by atoms with van der Waals surface area (Å²) in [4.78, 5) is 11.9. The van der Waals surface area contributed by atoms with Crippen molar-refractivity contribution in [3.8, 4) is 0 Å². The number of hydrogen-bond donors (Lipinski definition) is 2. The van der Waals surface area contributed by atoms with Gasteiger partial charge in [-0.05, 0) is 12.1 Å². The highest BCUT2D eigenvalue weighted by Gasteiger charge is 2.35. The van der Waals surface area contributed by atoms with Crippen LogP contribution in [0.2, 0.25) is 0 Å². The van der Waals surface area contributed by atoms with Gasteiger partial charge in [0.15, 0.2) is 0 Å². The summed E-state index contributed by atoms with van der Waals surface area (Å²) in [5, 5.41) is 0. The van der Waals surface area contributed by atoms with Crippen LogP contribution in [0.15, 0.2) is 24.3 Å². The molecule has 0 aliphatic carbocycles. The van der Waals surface area contributed by atoms with E-state index in [0.717, 1.165) is 11.0 Å². The van der Waals surface area contributed by atoms with E-state index >= 15 is 0 Å². The van der Waals surface area contributed by atoms with Crippen molar-refractivity contribution in [1.29, 1.82) is 0 Å². The second-order valence-corrected chi connectivity index (χ2v) is 3.29. The van der Waals surface area contributed by atoms with Gasteiger partial charge in [-0.25, -0.2) is 4.79 Å². The van der Waals surface area contributed by atoms with E-state index in [1.807, 2.05) is 0 Å². The molecular weight excluding hydrogens is 235 g/mol. The molecule has 0 unspecified atom stereocenters. The molecule has 0 bridgehead atoms. The Hall–Kier alpha value is -1.76. The summed E-state index contributed by atoms with van der Waals surface area (Å²) in [5.74, 6) is 0. The molecule has 0 atom stereocenters. The lowest BCUT2D eigenvalue weighted by Gasteiger charge is -2.23. The Balaban J connectivity index is 3.23. The largest absolute Gasteiger partial charge is 0.418 e. The van der Waals surface area contributed by atoms with Gasteiger partial charge in [0.05, 0.1) is 11.3 Å². The van der Waals surface area contributed by atoms with Crippen LogP contribution in [0.4, 0.5) is 23.7 Å².